The first-order valence-corrected chi connectivity index (χ1v) is 11.4. The number of hydrogen-bond donors (Lipinski definition) is 2. The molecule has 164 valence electrons. The fourth-order valence-electron chi connectivity index (χ4n) is 4.27. The second-order valence-corrected chi connectivity index (χ2v) is 9.78. The van der Waals surface area contributed by atoms with Gasteiger partial charge in [-0.05, 0) is 55.3 Å². The van der Waals surface area contributed by atoms with E-state index in [1.165, 1.54) is 22.5 Å². The topological polar surface area (TPSA) is 81.8 Å². The zero-order valence-electron chi connectivity index (χ0n) is 17.5. The number of nitrogens with one attached hydrogen (secondary N) is 2. The maximum atomic E-state index is 13.3. The molecule has 2 atom stereocenters. The number of hydrogen-bond acceptors (Lipinski definition) is 5. The largest absolute Gasteiger partial charge is 0.357 e. The minimum atomic E-state index is -0.628. The van der Waals surface area contributed by atoms with Gasteiger partial charge in [-0.2, -0.15) is 0 Å². The van der Waals surface area contributed by atoms with E-state index in [0.29, 0.717) is 21.2 Å². The van der Waals surface area contributed by atoms with Crippen LogP contribution in [-0.2, 0) is 17.8 Å². The summed E-state index contributed by atoms with van der Waals surface area (Å²) in [5, 5.41) is 5.58. The third-order valence-corrected chi connectivity index (χ3v) is 7.13. The molecule has 3 heterocycles. The molecule has 1 fully saturated rings. The average Bonchev–Trinajstić information content (AvgIpc) is 3.38. The molecule has 2 N–H and O–H groups in total. The number of benzene rings is 1. The third kappa shape index (κ3) is 4.61. The molecular weight excluding hydrogens is 436 g/mol. The molecule has 0 saturated carbocycles. The second-order valence-electron chi connectivity index (χ2n) is 8.07. The Hall–Kier alpha value is -2.42. The van der Waals surface area contributed by atoms with E-state index in [4.69, 9.17) is 11.6 Å². The van der Waals surface area contributed by atoms with Crippen LogP contribution in [0.4, 0.5) is 0 Å². The Morgan fingerprint density at radius 3 is 2.68 bits per heavy atom. The number of fused-ring (bicyclic) bond motifs is 1. The van der Waals surface area contributed by atoms with Crippen molar-refractivity contribution < 1.29 is 14.4 Å². The van der Waals surface area contributed by atoms with E-state index < -0.39 is 6.04 Å². The van der Waals surface area contributed by atoms with Crippen LogP contribution in [0.15, 0.2) is 30.3 Å². The number of nitrogens with zero attached hydrogens (tertiary/aromatic N) is 2. The highest BCUT2D eigenvalue weighted by molar-refractivity contribution is 7.18. The molecule has 2 aliphatic heterocycles. The number of halogens is 1. The first-order valence-electron chi connectivity index (χ1n) is 10.2. The van der Waals surface area contributed by atoms with Crippen LogP contribution in [-0.4, -0.2) is 66.8 Å². The summed E-state index contributed by atoms with van der Waals surface area (Å²) in [5.41, 5.74) is 2.99. The van der Waals surface area contributed by atoms with E-state index in [1.54, 1.807) is 24.1 Å². The molecule has 2 aromatic rings. The number of rotatable bonds is 4. The molecule has 0 aliphatic carbocycles. The standard InChI is InChI=1S/C22H25ClN4O3S/c1-24-20(28)17-10-16(25-21(29)18-5-6-19(23)31-18)12-27(17)22(30)14-3-4-15-11-26(2)8-7-13(15)9-14/h3-6,9,16-17H,7-8,10-12H2,1-2H3,(H,24,28)(H,25,29)/t16-,17+/m1/s1. The molecule has 4 rings (SSSR count). The third-order valence-electron chi connectivity index (χ3n) is 5.90. The number of likely N-dealkylation sites (N-methyl/N-ethyl adjacent to an activating group) is 2. The maximum absolute atomic E-state index is 13.3. The van der Waals surface area contributed by atoms with Crippen molar-refractivity contribution in [3.63, 3.8) is 0 Å². The lowest BCUT2D eigenvalue weighted by Crippen LogP contribution is -2.45. The molecule has 3 amide bonds. The molecular formula is C22H25ClN4O3S. The molecule has 0 unspecified atom stereocenters. The van der Waals surface area contributed by atoms with Gasteiger partial charge in [-0.3, -0.25) is 14.4 Å². The van der Waals surface area contributed by atoms with Crippen molar-refractivity contribution in [2.75, 3.05) is 27.2 Å². The van der Waals surface area contributed by atoms with Crippen LogP contribution in [0.3, 0.4) is 0 Å². The van der Waals surface area contributed by atoms with Crippen molar-refractivity contribution in [2.24, 2.45) is 0 Å². The van der Waals surface area contributed by atoms with Crippen molar-refractivity contribution in [1.82, 2.24) is 20.4 Å². The SMILES string of the molecule is CNC(=O)[C@@H]1C[C@@H](NC(=O)c2ccc(Cl)s2)CN1C(=O)c1ccc2c(c1)CCN(C)C2. The molecule has 0 bridgehead atoms. The first kappa shape index (κ1) is 21.8. The quantitative estimate of drug-likeness (QED) is 0.732. The van der Waals surface area contributed by atoms with E-state index >= 15 is 0 Å². The number of carbonyl (C=O) groups excluding carboxylic acids is 3. The lowest BCUT2D eigenvalue weighted by Gasteiger charge is -2.27. The Morgan fingerprint density at radius 1 is 1.16 bits per heavy atom. The van der Waals surface area contributed by atoms with Crippen molar-refractivity contribution in [1.29, 1.82) is 0 Å². The number of carbonyl (C=O) groups is 3. The Bertz CT molecular complexity index is 1020. The maximum Gasteiger partial charge on any atom is 0.261 e. The highest BCUT2D eigenvalue weighted by Gasteiger charge is 2.40. The highest BCUT2D eigenvalue weighted by atomic mass is 35.5. The summed E-state index contributed by atoms with van der Waals surface area (Å²) in [5.74, 6) is -0.667. The Balaban J connectivity index is 1.52. The zero-order chi connectivity index (χ0) is 22.1. The monoisotopic (exact) mass is 460 g/mol. The van der Waals surface area contributed by atoms with Gasteiger partial charge in [-0.1, -0.05) is 17.7 Å². The smallest absolute Gasteiger partial charge is 0.261 e. The van der Waals surface area contributed by atoms with Gasteiger partial charge in [-0.25, -0.2) is 0 Å². The number of thiophene rings is 1. The first-order chi connectivity index (χ1) is 14.9. The molecule has 1 aromatic heterocycles. The van der Waals surface area contributed by atoms with Crippen LogP contribution in [0.1, 0.15) is 37.6 Å². The lowest BCUT2D eigenvalue weighted by atomic mass is 9.97. The summed E-state index contributed by atoms with van der Waals surface area (Å²) in [4.78, 5) is 42.7. The van der Waals surface area contributed by atoms with Gasteiger partial charge in [0.05, 0.1) is 9.21 Å². The van der Waals surface area contributed by atoms with E-state index in [2.05, 4.69) is 22.6 Å². The van der Waals surface area contributed by atoms with Gasteiger partial charge in [0.25, 0.3) is 11.8 Å². The summed E-state index contributed by atoms with van der Waals surface area (Å²) >= 11 is 7.12. The summed E-state index contributed by atoms with van der Waals surface area (Å²) in [6.07, 6.45) is 1.26. The van der Waals surface area contributed by atoms with E-state index in [9.17, 15) is 14.4 Å². The van der Waals surface area contributed by atoms with Crippen molar-refractivity contribution in [3.05, 3.63) is 56.2 Å². The van der Waals surface area contributed by atoms with Crippen LogP contribution in [0, 0.1) is 0 Å². The van der Waals surface area contributed by atoms with Gasteiger partial charge in [0, 0.05) is 38.3 Å². The van der Waals surface area contributed by atoms with Crippen LogP contribution in [0.25, 0.3) is 0 Å². The zero-order valence-corrected chi connectivity index (χ0v) is 19.1. The summed E-state index contributed by atoms with van der Waals surface area (Å²) in [6, 6.07) is 8.19. The van der Waals surface area contributed by atoms with Gasteiger partial charge in [0.15, 0.2) is 0 Å². The molecule has 7 nitrogen and oxygen atoms in total. The molecule has 9 heteroatoms. The van der Waals surface area contributed by atoms with Crippen LogP contribution >= 0.6 is 22.9 Å². The molecule has 0 radical (unpaired) electrons. The average molecular weight is 461 g/mol. The van der Waals surface area contributed by atoms with Gasteiger partial charge in [0.2, 0.25) is 5.91 Å². The molecule has 2 aliphatic rings. The Morgan fingerprint density at radius 2 is 1.97 bits per heavy atom. The van der Waals surface area contributed by atoms with Gasteiger partial charge in [-0.15, -0.1) is 11.3 Å². The predicted octanol–water partition coefficient (Wildman–Crippen LogP) is 2.15. The fraction of sp³-hybridized carbons (Fsp3) is 0.409. The van der Waals surface area contributed by atoms with Gasteiger partial charge >= 0.3 is 0 Å². The Labute approximate surface area is 190 Å². The van der Waals surface area contributed by atoms with E-state index in [1.807, 2.05) is 18.2 Å². The normalized spacial score (nSPS) is 20.9. The predicted molar refractivity (Wildman–Crippen MR) is 121 cm³/mol. The molecule has 1 saturated heterocycles. The molecule has 31 heavy (non-hydrogen) atoms. The molecule has 0 spiro atoms. The summed E-state index contributed by atoms with van der Waals surface area (Å²) in [6.45, 7) is 2.10. The van der Waals surface area contributed by atoms with Crippen LogP contribution in [0.2, 0.25) is 4.34 Å². The van der Waals surface area contributed by atoms with E-state index in [-0.39, 0.29) is 30.3 Å². The number of amides is 3. The van der Waals surface area contributed by atoms with E-state index in [0.717, 1.165) is 19.5 Å². The fourth-order valence-corrected chi connectivity index (χ4v) is 5.21. The molecule has 1 aromatic carbocycles. The minimum Gasteiger partial charge on any atom is -0.357 e. The highest BCUT2D eigenvalue weighted by Crippen LogP contribution is 2.26. The van der Waals surface area contributed by atoms with Crippen molar-refractivity contribution >= 4 is 40.7 Å². The van der Waals surface area contributed by atoms with Crippen molar-refractivity contribution in [3.8, 4) is 0 Å². The summed E-state index contributed by atoms with van der Waals surface area (Å²) < 4.78 is 0.537. The minimum absolute atomic E-state index is 0.189. The van der Waals surface area contributed by atoms with Gasteiger partial charge in [0.1, 0.15) is 6.04 Å². The van der Waals surface area contributed by atoms with Crippen LogP contribution in [0.5, 0.6) is 0 Å². The second kappa shape index (κ2) is 8.98. The number of likely N-dealkylation sites (tertiary alicyclic amines) is 1. The Kier molecular flexibility index (Phi) is 6.31. The summed E-state index contributed by atoms with van der Waals surface area (Å²) in [7, 11) is 3.64. The van der Waals surface area contributed by atoms with Crippen LogP contribution < -0.4 is 10.6 Å². The van der Waals surface area contributed by atoms with Crippen molar-refractivity contribution in [2.45, 2.75) is 31.5 Å². The van der Waals surface area contributed by atoms with Gasteiger partial charge < -0.3 is 20.4 Å². The lowest BCUT2D eigenvalue weighted by molar-refractivity contribution is -0.124.